The van der Waals surface area contributed by atoms with E-state index in [0.29, 0.717) is 0 Å². The molecular formula is C10H19N3S. The van der Waals surface area contributed by atoms with Gasteiger partial charge < -0.3 is 10.2 Å². The lowest BCUT2D eigenvalue weighted by Crippen LogP contribution is -2.35. The largest absolute Gasteiger partial charge is 0.354 e. The second-order valence-corrected chi connectivity index (χ2v) is 5.46. The van der Waals surface area contributed by atoms with Gasteiger partial charge in [0.25, 0.3) is 0 Å². The molecule has 1 aromatic rings. The summed E-state index contributed by atoms with van der Waals surface area (Å²) in [5.74, 6) is 0. The lowest BCUT2D eigenvalue weighted by atomic mass is 10.1. The number of hydrogen-bond donors (Lipinski definition) is 1. The van der Waals surface area contributed by atoms with E-state index in [1.807, 2.05) is 19.0 Å². The molecule has 0 fully saturated rings. The summed E-state index contributed by atoms with van der Waals surface area (Å²) in [6.45, 7) is 7.32. The quantitative estimate of drug-likeness (QED) is 0.833. The molecular weight excluding hydrogens is 194 g/mol. The van der Waals surface area contributed by atoms with Crippen molar-refractivity contribution in [3.05, 3.63) is 11.1 Å². The molecule has 0 amide bonds. The average Bonchev–Trinajstić information content (AvgIpc) is 2.47. The van der Waals surface area contributed by atoms with Gasteiger partial charge in [-0.3, -0.25) is 0 Å². The van der Waals surface area contributed by atoms with E-state index in [1.54, 1.807) is 11.3 Å². The zero-order chi connectivity index (χ0) is 10.8. The molecule has 14 heavy (non-hydrogen) atoms. The highest BCUT2D eigenvalue weighted by atomic mass is 32.1. The predicted octanol–water partition coefficient (Wildman–Crippen LogP) is 2.10. The summed E-state index contributed by atoms with van der Waals surface area (Å²) in [6, 6.07) is 0. The van der Waals surface area contributed by atoms with Crippen LogP contribution in [0.3, 0.4) is 0 Å². The minimum absolute atomic E-state index is 0.155. The molecule has 0 saturated heterocycles. The fourth-order valence-electron chi connectivity index (χ4n) is 0.939. The van der Waals surface area contributed by atoms with Gasteiger partial charge in [0.05, 0.1) is 5.69 Å². The SMILES string of the molecule is CN(C)c1nc(CNC(C)(C)C)cs1. The average molecular weight is 213 g/mol. The number of nitrogens with one attached hydrogen (secondary N) is 1. The first-order valence-corrected chi connectivity index (χ1v) is 5.63. The van der Waals surface area contributed by atoms with Crippen LogP contribution in [0.4, 0.5) is 5.13 Å². The van der Waals surface area contributed by atoms with Crippen molar-refractivity contribution in [2.45, 2.75) is 32.9 Å². The third-order valence-corrected chi connectivity index (χ3v) is 2.78. The number of aromatic nitrogens is 1. The molecule has 1 N–H and O–H groups in total. The Morgan fingerprint density at radius 1 is 1.43 bits per heavy atom. The predicted molar refractivity (Wildman–Crippen MR) is 63.0 cm³/mol. The first kappa shape index (κ1) is 11.5. The van der Waals surface area contributed by atoms with Gasteiger partial charge in [-0.15, -0.1) is 11.3 Å². The zero-order valence-electron chi connectivity index (χ0n) is 9.59. The van der Waals surface area contributed by atoms with E-state index < -0.39 is 0 Å². The maximum absolute atomic E-state index is 4.49. The Hall–Kier alpha value is -0.610. The van der Waals surface area contributed by atoms with Gasteiger partial charge in [0.2, 0.25) is 0 Å². The molecule has 0 spiro atoms. The molecule has 0 atom stereocenters. The summed E-state index contributed by atoms with van der Waals surface area (Å²) < 4.78 is 0. The van der Waals surface area contributed by atoms with Crippen LogP contribution in [0.15, 0.2) is 5.38 Å². The molecule has 1 heterocycles. The van der Waals surface area contributed by atoms with Crippen LogP contribution in [0.5, 0.6) is 0 Å². The topological polar surface area (TPSA) is 28.2 Å². The first-order chi connectivity index (χ1) is 6.38. The molecule has 0 radical (unpaired) electrons. The van der Waals surface area contributed by atoms with Crippen molar-refractivity contribution in [1.82, 2.24) is 10.3 Å². The smallest absolute Gasteiger partial charge is 0.185 e. The fraction of sp³-hybridized carbons (Fsp3) is 0.700. The molecule has 0 aliphatic heterocycles. The number of anilines is 1. The van der Waals surface area contributed by atoms with E-state index in [-0.39, 0.29) is 5.54 Å². The van der Waals surface area contributed by atoms with Crippen molar-refractivity contribution in [3.8, 4) is 0 Å². The number of rotatable bonds is 3. The third-order valence-electron chi connectivity index (χ3n) is 1.72. The first-order valence-electron chi connectivity index (χ1n) is 4.75. The Bertz CT molecular complexity index is 286. The molecule has 0 bridgehead atoms. The standard InChI is InChI=1S/C10H19N3S/c1-10(2,3)11-6-8-7-14-9(12-8)13(4)5/h7,11H,6H2,1-5H3. The normalized spacial score (nSPS) is 11.8. The molecule has 0 aliphatic carbocycles. The molecule has 0 aromatic carbocycles. The highest BCUT2D eigenvalue weighted by Crippen LogP contribution is 2.18. The molecule has 3 nitrogen and oxygen atoms in total. The van der Waals surface area contributed by atoms with Crippen molar-refractivity contribution in [2.75, 3.05) is 19.0 Å². The molecule has 1 aromatic heterocycles. The van der Waals surface area contributed by atoms with E-state index in [2.05, 4.69) is 36.5 Å². The molecule has 4 heteroatoms. The minimum atomic E-state index is 0.155. The Kier molecular flexibility index (Phi) is 3.50. The van der Waals surface area contributed by atoms with Crippen LogP contribution in [0, 0.1) is 0 Å². The van der Waals surface area contributed by atoms with Gasteiger partial charge in [0.1, 0.15) is 0 Å². The van der Waals surface area contributed by atoms with E-state index >= 15 is 0 Å². The van der Waals surface area contributed by atoms with Gasteiger partial charge in [0, 0.05) is 31.6 Å². The Morgan fingerprint density at radius 3 is 2.50 bits per heavy atom. The highest BCUT2D eigenvalue weighted by Gasteiger charge is 2.10. The maximum Gasteiger partial charge on any atom is 0.185 e. The summed E-state index contributed by atoms with van der Waals surface area (Å²) in [6.07, 6.45) is 0. The van der Waals surface area contributed by atoms with E-state index in [0.717, 1.165) is 17.4 Å². The van der Waals surface area contributed by atoms with E-state index in [1.165, 1.54) is 0 Å². The van der Waals surface area contributed by atoms with Crippen LogP contribution in [-0.2, 0) is 6.54 Å². The second-order valence-electron chi connectivity index (χ2n) is 4.62. The van der Waals surface area contributed by atoms with Gasteiger partial charge in [-0.25, -0.2) is 4.98 Å². The highest BCUT2D eigenvalue weighted by molar-refractivity contribution is 7.13. The van der Waals surface area contributed by atoms with Crippen LogP contribution in [0.25, 0.3) is 0 Å². The second kappa shape index (κ2) is 4.28. The van der Waals surface area contributed by atoms with Crippen molar-refractivity contribution in [3.63, 3.8) is 0 Å². The fourth-order valence-corrected chi connectivity index (χ4v) is 1.70. The lowest BCUT2D eigenvalue weighted by Gasteiger charge is -2.19. The third kappa shape index (κ3) is 3.64. The van der Waals surface area contributed by atoms with Crippen molar-refractivity contribution >= 4 is 16.5 Å². The summed E-state index contributed by atoms with van der Waals surface area (Å²) in [5.41, 5.74) is 1.27. The summed E-state index contributed by atoms with van der Waals surface area (Å²) in [4.78, 5) is 6.53. The van der Waals surface area contributed by atoms with E-state index in [9.17, 15) is 0 Å². The summed E-state index contributed by atoms with van der Waals surface area (Å²) in [7, 11) is 4.03. The molecule has 0 saturated carbocycles. The molecule has 0 unspecified atom stereocenters. The monoisotopic (exact) mass is 213 g/mol. The van der Waals surface area contributed by atoms with Crippen molar-refractivity contribution in [1.29, 1.82) is 0 Å². The van der Waals surface area contributed by atoms with Gasteiger partial charge in [-0.05, 0) is 20.8 Å². The van der Waals surface area contributed by atoms with Gasteiger partial charge in [-0.2, -0.15) is 0 Å². The van der Waals surface area contributed by atoms with Crippen molar-refractivity contribution < 1.29 is 0 Å². The van der Waals surface area contributed by atoms with Crippen LogP contribution in [0.1, 0.15) is 26.5 Å². The Balaban J connectivity index is 2.52. The number of hydrogen-bond acceptors (Lipinski definition) is 4. The maximum atomic E-state index is 4.49. The van der Waals surface area contributed by atoms with Gasteiger partial charge >= 0.3 is 0 Å². The van der Waals surface area contributed by atoms with Gasteiger partial charge in [0.15, 0.2) is 5.13 Å². The van der Waals surface area contributed by atoms with Crippen LogP contribution >= 0.6 is 11.3 Å². The number of nitrogens with zero attached hydrogens (tertiary/aromatic N) is 2. The van der Waals surface area contributed by atoms with E-state index in [4.69, 9.17) is 0 Å². The summed E-state index contributed by atoms with van der Waals surface area (Å²) >= 11 is 1.68. The van der Waals surface area contributed by atoms with Crippen LogP contribution < -0.4 is 10.2 Å². The Morgan fingerprint density at radius 2 is 2.07 bits per heavy atom. The van der Waals surface area contributed by atoms with Crippen LogP contribution in [0.2, 0.25) is 0 Å². The van der Waals surface area contributed by atoms with Crippen molar-refractivity contribution in [2.24, 2.45) is 0 Å². The molecule has 80 valence electrons. The summed E-state index contributed by atoms with van der Waals surface area (Å²) in [5, 5.41) is 6.59. The minimum Gasteiger partial charge on any atom is -0.354 e. The van der Waals surface area contributed by atoms with Gasteiger partial charge in [-0.1, -0.05) is 0 Å². The molecule has 0 aliphatic rings. The molecule has 1 rings (SSSR count). The number of thiazole rings is 1. The zero-order valence-corrected chi connectivity index (χ0v) is 10.4. The Labute approximate surface area is 90.2 Å². The van der Waals surface area contributed by atoms with Crippen LogP contribution in [-0.4, -0.2) is 24.6 Å². The lowest BCUT2D eigenvalue weighted by molar-refractivity contribution is 0.422.